The van der Waals surface area contributed by atoms with Gasteiger partial charge in [0, 0.05) is 12.1 Å². The van der Waals surface area contributed by atoms with Crippen molar-refractivity contribution in [3.05, 3.63) is 23.7 Å². The molecular weight excluding hydrogens is 244 g/mol. The Morgan fingerprint density at radius 3 is 2.47 bits per heavy atom. The summed E-state index contributed by atoms with van der Waals surface area (Å²) >= 11 is 0. The van der Waals surface area contributed by atoms with Crippen LogP contribution in [0.1, 0.15) is 31.5 Å². The van der Waals surface area contributed by atoms with Gasteiger partial charge in [0.1, 0.15) is 17.3 Å². The van der Waals surface area contributed by atoms with Crippen molar-refractivity contribution in [1.29, 1.82) is 0 Å². The third-order valence-electron chi connectivity index (χ3n) is 2.84. The molecule has 1 atom stereocenters. The molecule has 0 saturated heterocycles. The maximum atomic E-state index is 6.09. The second-order valence-electron chi connectivity index (χ2n) is 4.75. The molecule has 2 aromatic heterocycles. The first-order valence-corrected chi connectivity index (χ1v) is 6.13. The number of hydrogen-bond acceptors (Lipinski definition) is 6. The van der Waals surface area contributed by atoms with Gasteiger partial charge in [-0.2, -0.15) is 4.98 Å². The molecule has 6 nitrogen and oxygen atoms in total. The van der Waals surface area contributed by atoms with Crippen molar-refractivity contribution in [2.75, 3.05) is 7.11 Å². The van der Waals surface area contributed by atoms with E-state index in [9.17, 15) is 0 Å². The maximum absolute atomic E-state index is 6.09. The minimum Gasteiger partial charge on any atom is -0.481 e. The summed E-state index contributed by atoms with van der Waals surface area (Å²) in [5, 5.41) is 3.95. The Hall–Kier alpha value is -1.95. The molecule has 0 aliphatic carbocycles. The first-order chi connectivity index (χ1) is 9.01. The van der Waals surface area contributed by atoms with Crippen LogP contribution in [-0.2, 0) is 0 Å². The number of nitrogens with two attached hydrogens (primary N) is 1. The highest BCUT2D eigenvalue weighted by molar-refractivity contribution is 5.55. The summed E-state index contributed by atoms with van der Waals surface area (Å²) in [5.74, 6) is 1.98. The zero-order valence-corrected chi connectivity index (χ0v) is 11.5. The van der Waals surface area contributed by atoms with Crippen LogP contribution in [0.2, 0.25) is 0 Å². The molecule has 0 radical (unpaired) electrons. The van der Waals surface area contributed by atoms with E-state index in [2.05, 4.69) is 15.1 Å². The molecule has 102 valence electrons. The summed E-state index contributed by atoms with van der Waals surface area (Å²) < 4.78 is 10.2. The van der Waals surface area contributed by atoms with Crippen LogP contribution in [0.15, 0.2) is 16.7 Å². The zero-order chi connectivity index (χ0) is 14.0. The number of methoxy groups -OCH3 is 1. The molecule has 2 heterocycles. The molecular formula is C13H18N4O2. The minimum absolute atomic E-state index is 0.235. The second kappa shape index (κ2) is 5.36. The molecule has 0 aliphatic heterocycles. The van der Waals surface area contributed by atoms with Gasteiger partial charge in [-0.15, -0.1) is 0 Å². The first-order valence-electron chi connectivity index (χ1n) is 6.13. The average Bonchev–Trinajstić information content (AvgIpc) is 2.83. The van der Waals surface area contributed by atoms with E-state index in [0.29, 0.717) is 23.1 Å². The van der Waals surface area contributed by atoms with Crippen molar-refractivity contribution in [3.63, 3.8) is 0 Å². The van der Waals surface area contributed by atoms with Gasteiger partial charge in [0.05, 0.1) is 18.8 Å². The van der Waals surface area contributed by atoms with E-state index in [4.69, 9.17) is 15.0 Å². The quantitative estimate of drug-likeness (QED) is 0.908. The Kier molecular flexibility index (Phi) is 3.80. The predicted molar refractivity (Wildman–Crippen MR) is 70.6 cm³/mol. The lowest BCUT2D eigenvalue weighted by Gasteiger charge is -2.15. The van der Waals surface area contributed by atoms with Crippen molar-refractivity contribution in [2.24, 2.45) is 11.7 Å². The molecule has 0 fully saturated rings. The lowest BCUT2D eigenvalue weighted by molar-refractivity contribution is 0.388. The largest absolute Gasteiger partial charge is 0.481 e. The molecule has 0 amide bonds. The fourth-order valence-electron chi connectivity index (χ4n) is 1.61. The zero-order valence-electron chi connectivity index (χ0n) is 11.5. The lowest BCUT2D eigenvalue weighted by Crippen LogP contribution is -2.20. The topological polar surface area (TPSA) is 87.1 Å². The molecule has 0 aromatic carbocycles. The Morgan fingerprint density at radius 1 is 1.21 bits per heavy atom. The Labute approximate surface area is 112 Å². The van der Waals surface area contributed by atoms with Crippen LogP contribution in [0, 0.1) is 12.8 Å². The average molecular weight is 262 g/mol. The van der Waals surface area contributed by atoms with E-state index in [1.165, 1.54) is 0 Å². The van der Waals surface area contributed by atoms with E-state index in [1.54, 1.807) is 13.2 Å². The number of ether oxygens (including phenoxy) is 1. The van der Waals surface area contributed by atoms with Crippen LogP contribution in [0.3, 0.4) is 0 Å². The third-order valence-corrected chi connectivity index (χ3v) is 2.84. The van der Waals surface area contributed by atoms with Gasteiger partial charge >= 0.3 is 0 Å². The summed E-state index contributed by atoms with van der Waals surface area (Å²) in [6.07, 6.45) is 0. The molecule has 0 spiro atoms. The molecule has 19 heavy (non-hydrogen) atoms. The summed E-state index contributed by atoms with van der Waals surface area (Å²) in [6, 6.07) is 3.28. The molecule has 0 aliphatic rings. The molecule has 0 bridgehead atoms. The molecule has 0 saturated carbocycles. The van der Waals surface area contributed by atoms with Crippen molar-refractivity contribution < 1.29 is 9.26 Å². The fourth-order valence-corrected chi connectivity index (χ4v) is 1.61. The third kappa shape index (κ3) is 2.90. The second-order valence-corrected chi connectivity index (χ2v) is 4.75. The van der Waals surface area contributed by atoms with Crippen molar-refractivity contribution in [3.8, 4) is 17.3 Å². The van der Waals surface area contributed by atoms with Crippen molar-refractivity contribution in [1.82, 2.24) is 15.1 Å². The summed E-state index contributed by atoms with van der Waals surface area (Å²) in [5.41, 5.74) is 7.39. The van der Waals surface area contributed by atoms with E-state index < -0.39 is 0 Å². The number of hydrogen-bond donors (Lipinski definition) is 1. The van der Waals surface area contributed by atoms with Crippen LogP contribution in [0.4, 0.5) is 0 Å². The Balaban J connectivity index is 2.47. The standard InChI is InChI=1S/C13H18N4O2/c1-7(2)12(14)13-15-9(6-11(16-13)18-4)10-5-8(3)19-17-10/h5-7,12H,14H2,1-4H3. The number of nitrogens with zero attached hydrogens (tertiary/aromatic N) is 3. The van der Waals surface area contributed by atoms with Crippen LogP contribution < -0.4 is 10.5 Å². The Morgan fingerprint density at radius 2 is 1.95 bits per heavy atom. The van der Waals surface area contributed by atoms with Gasteiger partial charge in [-0.05, 0) is 12.8 Å². The van der Waals surface area contributed by atoms with Gasteiger partial charge in [0.2, 0.25) is 5.88 Å². The molecule has 6 heteroatoms. The highest BCUT2D eigenvalue weighted by atomic mass is 16.5. The highest BCUT2D eigenvalue weighted by Gasteiger charge is 2.17. The fraction of sp³-hybridized carbons (Fsp3) is 0.462. The normalized spacial score (nSPS) is 12.7. The van der Waals surface area contributed by atoms with E-state index in [0.717, 1.165) is 5.76 Å². The number of rotatable bonds is 4. The van der Waals surface area contributed by atoms with Gasteiger partial charge in [-0.3, -0.25) is 0 Å². The first kappa shape index (κ1) is 13.5. The van der Waals surface area contributed by atoms with Crippen molar-refractivity contribution in [2.45, 2.75) is 26.8 Å². The van der Waals surface area contributed by atoms with E-state index in [-0.39, 0.29) is 12.0 Å². The Bertz CT molecular complexity index is 566. The smallest absolute Gasteiger partial charge is 0.217 e. The number of aromatic nitrogens is 3. The molecule has 1 unspecified atom stereocenters. The van der Waals surface area contributed by atoms with Crippen LogP contribution in [0.5, 0.6) is 5.88 Å². The molecule has 2 N–H and O–H groups in total. The van der Waals surface area contributed by atoms with Gasteiger partial charge in [0.15, 0.2) is 0 Å². The minimum atomic E-state index is -0.248. The van der Waals surface area contributed by atoms with E-state index in [1.807, 2.05) is 26.8 Å². The van der Waals surface area contributed by atoms with Crippen molar-refractivity contribution >= 4 is 0 Å². The van der Waals surface area contributed by atoms with Crippen LogP contribution in [0.25, 0.3) is 11.4 Å². The van der Waals surface area contributed by atoms with Crippen LogP contribution in [-0.4, -0.2) is 22.2 Å². The maximum Gasteiger partial charge on any atom is 0.217 e. The SMILES string of the molecule is COc1cc(-c2cc(C)on2)nc(C(N)C(C)C)n1. The molecule has 2 rings (SSSR count). The summed E-state index contributed by atoms with van der Waals surface area (Å²) in [4.78, 5) is 8.74. The van der Waals surface area contributed by atoms with Gasteiger partial charge in [0.25, 0.3) is 0 Å². The van der Waals surface area contributed by atoms with Gasteiger partial charge in [-0.25, -0.2) is 4.98 Å². The molecule has 2 aromatic rings. The van der Waals surface area contributed by atoms with Gasteiger partial charge in [-0.1, -0.05) is 19.0 Å². The monoisotopic (exact) mass is 262 g/mol. The summed E-state index contributed by atoms with van der Waals surface area (Å²) in [7, 11) is 1.56. The summed E-state index contributed by atoms with van der Waals surface area (Å²) in [6.45, 7) is 5.87. The predicted octanol–water partition coefficient (Wildman–Crippen LogP) is 2.10. The highest BCUT2D eigenvalue weighted by Crippen LogP contribution is 2.24. The van der Waals surface area contributed by atoms with Crippen LogP contribution >= 0.6 is 0 Å². The van der Waals surface area contributed by atoms with E-state index >= 15 is 0 Å². The van der Waals surface area contributed by atoms with Gasteiger partial charge < -0.3 is 15.0 Å². The lowest BCUT2D eigenvalue weighted by atomic mass is 10.0. The number of aryl methyl sites for hydroxylation is 1.